The molecular formula is C59H47N3O2. The van der Waals surface area contributed by atoms with E-state index in [4.69, 9.17) is 26.0 Å². The van der Waals surface area contributed by atoms with Gasteiger partial charge in [-0.1, -0.05) is 206 Å². The first-order valence-electron chi connectivity index (χ1n) is 21.4. The Labute approximate surface area is 375 Å². The van der Waals surface area contributed by atoms with Crippen molar-refractivity contribution in [3.63, 3.8) is 0 Å². The fourth-order valence-electron chi connectivity index (χ4n) is 8.65. The zero-order chi connectivity index (χ0) is 44.0. The minimum absolute atomic E-state index is 0.106. The van der Waals surface area contributed by atoms with E-state index in [-0.39, 0.29) is 5.84 Å². The first-order valence-corrected chi connectivity index (χ1v) is 21.4. The average molecular weight is 830 g/mol. The maximum atomic E-state index is 7.99. The summed E-state index contributed by atoms with van der Waals surface area (Å²) in [7, 11) is 0. The third-order valence-corrected chi connectivity index (χ3v) is 11.8. The van der Waals surface area contributed by atoms with Crippen molar-refractivity contribution in [1.82, 2.24) is 0 Å². The Morgan fingerprint density at radius 3 is 1.45 bits per heavy atom. The second-order valence-electron chi connectivity index (χ2n) is 15.9. The molecule has 0 spiro atoms. The lowest BCUT2D eigenvalue weighted by Crippen LogP contribution is -2.28. The number of nitrogens with two attached hydrogens (primary N) is 1. The van der Waals surface area contributed by atoms with E-state index in [2.05, 4.69) is 159 Å². The molecule has 9 aromatic carbocycles. The normalized spacial score (nSPS) is 12.2. The Kier molecular flexibility index (Phi) is 11.5. The Morgan fingerprint density at radius 1 is 0.438 bits per heavy atom. The van der Waals surface area contributed by atoms with Gasteiger partial charge in [0.05, 0.1) is 5.41 Å². The third-order valence-electron chi connectivity index (χ3n) is 11.8. The molecule has 9 aromatic rings. The van der Waals surface area contributed by atoms with Gasteiger partial charge in [-0.2, -0.15) is 0 Å². The molecule has 11 rings (SSSR count). The quantitative estimate of drug-likeness (QED) is 0.115. The zero-order valence-electron chi connectivity index (χ0n) is 35.8. The number of fused-ring (bicyclic) bond motifs is 6. The van der Waals surface area contributed by atoms with Crippen LogP contribution in [0.15, 0.2) is 224 Å². The van der Waals surface area contributed by atoms with Crippen molar-refractivity contribution in [3.8, 4) is 56.4 Å². The van der Waals surface area contributed by atoms with E-state index < -0.39 is 5.41 Å². The maximum absolute atomic E-state index is 7.99. The highest BCUT2D eigenvalue weighted by Gasteiger charge is 2.48. The minimum Gasteiger partial charge on any atom is -0.449 e. The summed E-state index contributed by atoms with van der Waals surface area (Å²) in [5.74, 6) is 2.83. The van der Waals surface area contributed by atoms with Crippen molar-refractivity contribution in [3.05, 3.63) is 263 Å². The maximum Gasteiger partial charge on any atom is 0.178 e. The zero-order valence-corrected chi connectivity index (χ0v) is 35.8. The van der Waals surface area contributed by atoms with Gasteiger partial charge in [-0.3, -0.25) is 5.41 Å². The van der Waals surface area contributed by atoms with Crippen LogP contribution < -0.4 is 15.2 Å². The van der Waals surface area contributed by atoms with Gasteiger partial charge >= 0.3 is 0 Å². The molecule has 0 atom stereocenters. The highest BCUT2D eigenvalue weighted by molar-refractivity contribution is 5.97. The number of rotatable bonds is 6. The number of nitrogens with one attached hydrogen (secondary N) is 2. The number of hydrogen-bond donors (Lipinski definition) is 3. The first kappa shape index (κ1) is 41.1. The SMILES string of the molecule is CC(=N)c1ccc2c(c1)Oc1ccc3c(c1O2)-c1ccccc1C3(c1ccccc1)c1ccccc1.Cc1ccc(-c2ccccc2)cc1.N=C(N)c1ccc(-c2ccccc2)cc1. The van der Waals surface area contributed by atoms with E-state index in [1.165, 1.54) is 44.5 Å². The van der Waals surface area contributed by atoms with Crippen molar-refractivity contribution in [1.29, 1.82) is 10.8 Å². The van der Waals surface area contributed by atoms with Crippen LogP contribution >= 0.6 is 0 Å². The topological polar surface area (TPSA) is 92.2 Å². The van der Waals surface area contributed by atoms with Gasteiger partial charge in [-0.05, 0) is 93.7 Å². The minimum atomic E-state index is -0.478. The van der Waals surface area contributed by atoms with Crippen molar-refractivity contribution in [2.45, 2.75) is 19.3 Å². The van der Waals surface area contributed by atoms with Gasteiger partial charge < -0.3 is 20.6 Å². The van der Waals surface area contributed by atoms with Gasteiger partial charge in [-0.15, -0.1) is 0 Å². The van der Waals surface area contributed by atoms with Crippen molar-refractivity contribution in [2.24, 2.45) is 5.73 Å². The summed E-state index contributed by atoms with van der Waals surface area (Å²) in [4.78, 5) is 0. The smallest absolute Gasteiger partial charge is 0.178 e. The monoisotopic (exact) mass is 829 g/mol. The number of benzene rings is 9. The molecule has 0 aromatic heterocycles. The summed E-state index contributed by atoms with van der Waals surface area (Å²) in [6.45, 7) is 3.88. The molecule has 1 aliphatic heterocycles. The molecule has 0 saturated carbocycles. The van der Waals surface area contributed by atoms with Crippen molar-refractivity contribution < 1.29 is 9.47 Å². The molecule has 5 nitrogen and oxygen atoms in total. The number of hydrogen-bond acceptors (Lipinski definition) is 4. The molecule has 2 aliphatic rings. The number of amidine groups is 1. The molecule has 4 N–H and O–H groups in total. The Balaban J connectivity index is 0.000000151. The lowest BCUT2D eigenvalue weighted by molar-refractivity contribution is 0.360. The highest BCUT2D eigenvalue weighted by atomic mass is 16.6. The van der Waals surface area contributed by atoms with Gasteiger partial charge in [0.2, 0.25) is 0 Å². The summed E-state index contributed by atoms with van der Waals surface area (Å²) >= 11 is 0. The van der Waals surface area contributed by atoms with Gasteiger partial charge in [0, 0.05) is 16.8 Å². The highest BCUT2D eigenvalue weighted by Crippen LogP contribution is 2.62. The van der Waals surface area contributed by atoms with Crippen LogP contribution in [-0.4, -0.2) is 11.5 Å². The predicted molar refractivity (Wildman–Crippen MR) is 262 cm³/mol. The van der Waals surface area contributed by atoms with E-state index in [1.54, 1.807) is 6.92 Å². The van der Waals surface area contributed by atoms with Gasteiger partial charge in [0.15, 0.2) is 23.0 Å². The van der Waals surface area contributed by atoms with E-state index in [1.807, 2.05) is 72.8 Å². The van der Waals surface area contributed by atoms with Crippen LogP contribution in [-0.2, 0) is 5.41 Å². The van der Waals surface area contributed by atoms with Crippen molar-refractivity contribution in [2.75, 3.05) is 0 Å². The van der Waals surface area contributed by atoms with E-state index in [0.717, 1.165) is 33.6 Å². The Morgan fingerprint density at radius 2 is 0.906 bits per heavy atom. The van der Waals surface area contributed by atoms with E-state index >= 15 is 0 Å². The Bertz CT molecular complexity index is 3040. The second-order valence-corrected chi connectivity index (χ2v) is 15.9. The molecule has 1 aliphatic carbocycles. The molecule has 0 unspecified atom stereocenters. The molecule has 310 valence electrons. The van der Waals surface area contributed by atoms with Crippen LogP contribution in [0.1, 0.15) is 45.9 Å². The van der Waals surface area contributed by atoms with Crippen LogP contribution in [0.4, 0.5) is 0 Å². The van der Waals surface area contributed by atoms with Gasteiger partial charge in [-0.25, -0.2) is 0 Å². The van der Waals surface area contributed by atoms with Crippen LogP contribution in [0, 0.1) is 17.7 Å². The average Bonchev–Trinajstić information content (AvgIpc) is 3.66. The molecule has 0 amide bonds. The summed E-state index contributed by atoms with van der Waals surface area (Å²) in [6, 6.07) is 76.8. The molecule has 0 radical (unpaired) electrons. The lowest BCUT2D eigenvalue weighted by atomic mass is 9.68. The fraction of sp³-hybridized carbons (Fsp3) is 0.0508. The largest absolute Gasteiger partial charge is 0.449 e. The lowest BCUT2D eigenvalue weighted by Gasteiger charge is -2.34. The summed E-state index contributed by atoms with van der Waals surface area (Å²) in [6.07, 6.45) is 0. The molecule has 0 fully saturated rings. The standard InChI is InChI=1S/C33H23NO2.C13H12N2.C13H12/c1-21(34)22-16-18-28-30(20-22)35-29-19-17-27-31(32(29)36-28)25-14-8-9-15-26(25)33(27,23-10-4-2-5-11-23)24-12-6-3-7-13-24;14-13(15)12-8-6-11(7-9-12)10-4-2-1-3-5-10;1-11-7-9-13(10-8-11)12-5-3-2-4-6-12/h2-20,34H,1H3;1-9H,(H3,14,15);2-10H,1H3. The van der Waals surface area contributed by atoms with Gasteiger partial charge in [0.25, 0.3) is 0 Å². The molecule has 64 heavy (non-hydrogen) atoms. The number of aryl methyl sites for hydroxylation is 1. The summed E-state index contributed by atoms with van der Waals surface area (Å²) in [5.41, 5.74) is 20.2. The molecule has 5 heteroatoms. The molecule has 0 bridgehead atoms. The molecule has 1 heterocycles. The summed E-state index contributed by atoms with van der Waals surface area (Å²) in [5, 5.41) is 15.3. The second kappa shape index (κ2) is 18.0. The summed E-state index contributed by atoms with van der Waals surface area (Å²) < 4.78 is 12.9. The third kappa shape index (κ3) is 7.99. The predicted octanol–water partition coefficient (Wildman–Crippen LogP) is 14.6. The van der Waals surface area contributed by atoms with Crippen LogP contribution in [0.2, 0.25) is 0 Å². The van der Waals surface area contributed by atoms with Crippen molar-refractivity contribution >= 4 is 11.5 Å². The van der Waals surface area contributed by atoms with Crippen LogP contribution in [0.25, 0.3) is 33.4 Å². The van der Waals surface area contributed by atoms with E-state index in [9.17, 15) is 0 Å². The molecule has 0 saturated heterocycles. The van der Waals surface area contributed by atoms with Crippen LogP contribution in [0.3, 0.4) is 0 Å². The Hall–Kier alpha value is -8.28. The van der Waals surface area contributed by atoms with Crippen LogP contribution in [0.5, 0.6) is 23.0 Å². The van der Waals surface area contributed by atoms with E-state index in [0.29, 0.717) is 23.0 Å². The number of ether oxygens (including phenoxy) is 2. The molecular weight excluding hydrogens is 783 g/mol. The van der Waals surface area contributed by atoms with Gasteiger partial charge in [0.1, 0.15) is 5.84 Å². The first-order chi connectivity index (χ1) is 31.3. The number of nitrogen functional groups attached to an aromatic ring is 1. The fourth-order valence-corrected chi connectivity index (χ4v) is 8.65.